The third-order valence-corrected chi connectivity index (χ3v) is 13.4. The number of amides is 9. The van der Waals surface area contributed by atoms with Gasteiger partial charge in [0.1, 0.15) is 59.8 Å². The molecule has 0 spiro atoms. The minimum atomic E-state index is -1.70. The third-order valence-electron chi connectivity index (χ3n) is 12.7. The number of carbonyl (C=O) groups excluding carboxylic acids is 9. The summed E-state index contributed by atoms with van der Waals surface area (Å²) in [7, 11) is 0. The Morgan fingerprint density at radius 2 is 0.854 bits per heavy atom. The number of phenolic OH excluding ortho intramolecular Hbond substituents is 2. The highest BCUT2D eigenvalue weighted by Gasteiger charge is 2.35. The maximum absolute atomic E-state index is 14.4. The van der Waals surface area contributed by atoms with E-state index in [0.717, 1.165) is 0 Å². The van der Waals surface area contributed by atoms with Crippen LogP contribution in [0.5, 0.6) is 11.5 Å². The zero-order valence-electron chi connectivity index (χ0n) is 46.0. The van der Waals surface area contributed by atoms with Crippen molar-refractivity contribution in [2.24, 2.45) is 17.4 Å². The monoisotopic (exact) mass is 1150 g/mol. The number of carboxylic acids is 1. The van der Waals surface area contributed by atoms with Gasteiger partial charge in [0.05, 0.1) is 19.1 Å². The van der Waals surface area contributed by atoms with E-state index in [1.54, 1.807) is 80.8 Å². The highest BCUT2D eigenvalue weighted by molar-refractivity contribution is 7.98. The summed E-state index contributed by atoms with van der Waals surface area (Å²) in [4.78, 5) is 136. The molecule has 0 saturated carbocycles. The van der Waals surface area contributed by atoms with Crippen LogP contribution in [0.25, 0.3) is 0 Å². The van der Waals surface area contributed by atoms with Gasteiger partial charge in [-0.25, -0.2) is 4.79 Å². The SMILES string of the molecule is CSCC[C@H](NC(=O)[C@H](Cc1ccccc1)NC(=O)[C@H](CC(N)=O)NC(=O)[C@H](CC(C)C)NC(=O)[C@H](Cc1ccccc1)NC(=O)CNC(=O)[C@H](Cc1ccc(O)cc1)NC(=O)[C@H](Cc1ccc(O)cc1)NC(=O)[C@@H](N)[C@@H](C)O)C(=O)O. The van der Waals surface area contributed by atoms with Crippen LogP contribution in [0.15, 0.2) is 109 Å². The number of carbonyl (C=O) groups is 10. The van der Waals surface area contributed by atoms with Crippen LogP contribution in [-0.4, -0.2) is 153 Å². The number of aliphatic hydroxyl groups excluding tert-OH is 1. The summed E-state index contributed by atoms with van der Waals surface area (Å²) >= 11 is 1.37. The Morgan fingerprint density at radius 1 is 0.488 bits per heavy atom. The van der Waals surface area contributed by atoms with Crippen LogP contribution < -0.4 is 54.0 Å². The van der Waals surface area contributed by atoms with Crippen molar-refractivity contribution in [2.45, 2.75) is 120 Å². The number of aromatic hydroxyl groups is 2. The summed E-state index contributed by atoms with van der Waals surface area (Å²) in [6.45, 7) is 4.03. The number of rotatable bonds is 33. The average molecular weight is 1160 g/mol. The summed E-state index contributed by atoms with van der Waals surface area (Å²) < 4.78 is 0. The van der Waals surface area contributed by atoms with E-state index in [9.17, 15) is 68.4 Å². The Morgan fingerprint density at radius 3 is 1.27 bits per heavy atom. The first kappa shape index (κ1) is 66.0. The number of benzene rings is 4. The van der Waals surface area contributed by atoms with Crippen LogP contribution in [0.2, 0.25) is 0 Å². The molecule has 4 rings (SSSR count). The quantitative estimate of drug-likeness (QED) is 0.0282. The first-order valence-electron chi connectivity index (χ1n) is 26.4. The molecule has 0 unspecified atom stereocenters. The third kappa shape index (κ3) is 22.9. The molecule has 9 amide bonds. The van der Waals surface area contributed by atoms with Crippen molar-refractivity contribution in [3.8, 4) is 11.5 Å². The fourth-order valence-corrected chi connectivity index (χ4v) is 8.73. The first-order valence-corrected chi connectivity index (χ1v) is 27.8. The number of nitrogens with one attached hydrogen (secondary N) is 8. The Bertz CT molecular complexity index is 2790. The highest BCUT2D eigenvalue weighted by atomic mass is 32.2. The second-order valence-electron chi connectivity index (χ2n) is 20.0. The van der Waals surface area contributed by atoms with Crippen molar-refractivity contribution in [3.63, 3.8) is 0 Å². The van der Waals surface area contributed by atoms with Crippen molar-refractivity contribution >= 4 is 70.9 Å². The summed E-state index contributed by atoms with van der Waals surface area (Å²) in [6, 6.07) is 17.0. The lowest BCUT2D eigenvalue weighted by Crippen LogP contribution is -2.60. The molecule has 0 saturated heterocycles. The van der Waals surface area contributed by atoms with Crippen molar-refractivity contribution in [3.05, 3.63) is 131 Å². The van der Waals surface area contributed by atoms with Gasteiger partial charge in [0.25, 0.3) is 0 Å². The van der Waals surface area contributed by atoms with Crippen LogP contribution in [0.1, 0.15) is 62.3 Å². The molecule has 0 aliphatic heterocycles. The number of hydrogen-bond donors (Lipinski definition) is 14. The predicted molar refractivity (Wildman–Crippen MR) is 304 cm³/mol. The van der Waals surface area contributed by atoms with E-state index >= 15 is 0 Å². The Hall–Kier alpha value is -8.55. The summed E-state index contributed by atoms with van der Waals surface area (Å²) in [5.74, 6) is -9.53. The van der Waals surface area contributed by atoms with Gasteiger partial charge >= 0.3 is 5.97 Å². The van der Waals surface area contributed by atoms with Gasteiger partial charge in [-0.2, -0.15) is 11.8 Å². The normalized spacial score (nSPS) is 14.3. The van der Waals surface area contributed by atoms with Gasteiger partial charge in [-0.15, -0.1) is 0 Å². The van der Waals surface area contributed by atoms with E-state index in [2.05, 4.69) is 42.5 Å². The number of aliphatic hydroxyl groups is 1. The molecular formula is C57H74N10O14S. The Balaban J connectivity index is 1.56. The van der Waals surface area contributed by atoms with Gasteiger partial charge in [-0.1, -0.05) is 98.8 Å². The standard InChI is InChI=1S/C57H74N10O14S/c1-32(2)25-41(51(74)66-46(30-47(58)71)55(78)65-44(27-35-13-9-6-10-14-35)53(76)62-40(57(80)81)23-24-82-4)63-52(75)43(26-34-11-7-5-8-12-34)61-48(72)31-60-50(73)42(28-36-15-19-38(69)20-16-36)64-54(77)45(67-56(79)49(59)33(3)68)29-37-17-21-39(70)22-18-37/h5-22,32-33,40-46,49,68-70H,23-31,59H2,1-4H3,(H2,58,71)(H,60,73)(H,61,72)(H,62,76)(H,63,75)(H,64,77)(H,65,78)(H,66,74)(H,67,79)(H,80,81)/t33-,40+,41+,42+,43+,44+,45+,46+,49+/m1/s1. The Labute approximate surface area is 479 Å². The van der Waals surface area contributed by atoms with Crippen LogP contribution in [-0.2, 0) is 73.6 Å². The summed E-state index contributed by atoms with van der Waals surface area (Å²) in [5.41, 5.74) is 13.5. The molecule has 9 atom stereocenters. The van der Waals surface area contributed by atoms with Gasteiger partial charge in [0.15, 0.2) is 0 Å². The number of primary amides is 1. The first-order chi connectivity index (χ1) is 38.9. The molecule has 0 bridgehead atoms. The summed E-state index contributed by atoms with van der Waals surface area (Å²) in [5, 5.41) is 59.9. The zero-order valence-corrected chi connectivity index (χ0v) is 46.8. The van der Waals surface area contributed by atoms with Gasteiger partial charge < -0.3 is 74.4 Å². The molecule has 0 aliphatic rings. The molecular weight excluding hydrogens is 1080 g/mol. The smallest absolute Gasteiger partial charge is 0.326 e. The number of hydrogen-bond acceptors (Lipinski definition) is 15. The van der Waals surface area contributed by atoms with E-state index in [-0.39, 0.29) is 55.9 Å². The maximum Gasteiger partial charge on any atom is 0.326 e. The lowest BCUT2D eigenvalue weighted by atomic mass is 10.00. The molecule has 82 heavy (non-hydrogen) atoms. The molecule has 442 valence electrons. The lowest BCUT2D eigenvalue weighted by molar-refractivity contribution is -0.142. The fraction of sp³-hybridized carbons (Fsp3) is 0.404. The van der Waals surface area contributed by atoms with Gasteiger partial charge in [-0.3, -0.25) is 43.2 Å². The highest BCUT2D eigenvalue weighted by Crippen LogP contribution is 2.16. The maximum atomic E-state index is 14.4. The van der Waals surface area contributed by atoms with E-state index in [4.69, 9.17) is 11.5 Å². The van der Waals surface area contributed by atoms with Gasteiger partial charge in [-0.05, 0) is 84.2 Å². The zero-order chi connectivity index (χ0) is 60.5. The second kappa shape index (κ2) is 33.3. The van der Waals surface area contributed by atoms with Crippen LogP contribution in [0.3, 0.4) is 0 Å². The van der Waals surface area contributed by atoms with E-state index < -0.39 is 127 Å². The minimum absolute atomic E-state index is 0.0306. The van der Waals surface area contributed by atoms with E-state index in [0.29, 0.717) is 28.0 Å². The van der Waals surface area contributed by atoms with E-state index in [1.807, 2.05) is 0 Å². The van der Waals surface area contributed by atoms with Gasteiger partial charge in [0, 0.05) is 25.7 Å². The minimum Gasteiger partial charge on any atom is -0.508 e. The lowest BCUT2D eigenvalue weighted by Gasteiger charge is -2.27. The summed E-state index contributed by atoms with van der Waals surface area (Å²) in [6.07, 6.45) is -0.820. The molecule has 25 heteroatoms. The molecule has 0 aromatic heterocycles. The molecule has 0 fully saturated rings. The number of thioether (sulfide) groups is 1. The van der Waals surface area contributed by atoms with Crippen LogP contribution >= 0.6 is 11.8 Å². The molecule has 0 radical (unpaired) electrons. The topological polar surface area (TPSA) is 400 Å². The van der Waals surface area contributed by atoms with Crippen molar-refractivity contribution in [1.82, 2.24) is 42.5 Å². The number of phenols is 2. The van der Waals surface area contributed by atoms with Crippen LogP contribution in [0, 0.1) is 5.92 Å². The molecule has 4 aromatic carbocycles. The van der Waals surface area contributed by atoms with Crippen molar-refractivity contribution in [2.75, 3.05) is 18.6 Å². The average Bonchev–Trinajstić information content (AvgIpc) is 3.56. The van der Waals surface area contributed by atoms with E-state index in [1.165, 1.54) is 67.2 Å². The fourth-order valence-electron chi connectivity index (χ4n) is 8.26. The molecule has 16 N–H and O–H groups in total. The number of aliphatic carboxylic acids is 1. The van der Waals surface area contributed by atoms with Crippen LogP contribution in [0.4, 0.5) is 0 Å². The largest absolute Gasteiger partial charge is 0.508 e. The number of nitrogens with two attached hydrogens (primary N) is 2. The van der Waals surface area contributed by atoms with Gasteiger partial charge in [0.2, 0.25) is 53.2 Å². The predicted octanol–water partition coefficient (Wildman–Crippen LogP) is -0.654. The molecule has 24 nitrogen and oxygen atoms in total. The Kier molecular flexibility index (Phi) is 26.8. The number of carboxylic acid groups (broad SMARTS) is 1. The van der Waals surface area contributed by atoms with Crippen molar-refractivity contribution < 1.29 is 68.4 Å². The second-order valence-corrected chi connectivity index (χ2v) is 21.0. The molecule has 4 aromatic rings. The molecule has 0 aliphatic carbocycles. The molecule has 0 heterocycles. The van der Waals surface area contributed by atoms with Crippen molar-refractivity contribution in [1.29, 1.82) is 0 Å².